The van der Waals surface area contributed by atoms with Crippen LogP contribution in [0.2, 0.25) is 0 Å². The summed E-state index contributed by atoms with van der Waals surface area (Å²) in [5, 5.41) is 10.9. The lowest BCUT2D eigenvalue weighted by Crippen LogP contribution is -2.64. The van der Waals surface area contributed by atoms with Crippen molar-refractivity contribution in [1.29, 1.82) is 0 Å². The van der Waals surface area contributed by atoms with Crippen molar-refractivity contribution in [3.05, 3.63) is 23.0 Å². The van der Waals surface area contributed by atoms with E-state index in [2.05, 4.69) is 29.4 Å². The Balaban J connectivity index is 2.12. The van der Waals surface area contributed by atoms with E-state index in [4.69, 9.17) is 5.73 Å². The number of carbonyl (C=O) groups is 1. The number of hydrogen-bond donors (Lipinski definition) is 2. The van der Waals surface area contributed by atoms with Crippen LogP contribution in [0.3, 0.4) is 0 Å². The normalized spacial score (nSPS) is 25.4. The quantitative estimate of drug-likeness (QED) is 0.816. The largest absolute Gasteiger partial charge is 0.349 e. The maximum atomic E-state index is 12.2. The number of hydrogen-bond acceptors (Lipinski definition) is 4. The molecule has 0 aromatic carbocycles. The van der Waals surface area contributed by atoms with Gasteiger partial charge in [0.1, 0.15) is 0 Å². The van der Waals surface area contributed by atoms with Crippen molar-refractivity contribution in [3.63, 3.8) is 0 Å². The molecule has 1 heterocycles. The summed E-state index contributed by atoms with van der Waals surface area (Å²) in [6, 6.07) is 2.05. The lowest BCUT2D eigenvalue weighted by atomic mass is 9.63. The van der Waals surface area contributed by atoms with Crippen LogP contribution >= 0.6 is 0 Å². The van der Waals surface area contributed by atoms with E-state index in [-0.39, 0.29) is 23.4 Å². The zero-order valence-corrected chi connectivity index (χ0v) is 11.3. The van der Waals surface area contributed by atoms with Crippen LogP contribution in [0.4, 0.5) is 0 Å². The number of aryl methyl sites for hydroxylation is 2. The number of nitrogens with one attached hydrogen (secondary N) is 1. The molecule has 0 bridgehead atoms. The molecule has 1 aromatic rings. The Morgan fingerprint density at radius 1 is 1.44 bits per heavy atom. The minimum absolute atomic E-state index is 0.0426. The van der Waals surface area contributed by atoms with Gasteiger partial charge < -0.3 is 11.1 Å². The van der Waals surface area contributed by atoms with E-state index < -0.39 is 0 Å². The van der Waals surface area contributed by atoms with Gasteiger partial charge in [0.05, 0.1) is 17.0 Å². The molecule has 1 saturated carbocycles. The number of carbonyl (C=O) groups excluding carboxylic acids is 1. The van der Waals surface area contributed by atoms with Crippen molar-refractivity contribution in [1.82, 2.24) is 15.5 Å². The van der Waals surface area contributed by atoms with Crippen LogP contribution in [0.1, 0.15) is 42.0 Å². The summed E-state index contributed by atoms with van der Waals surface area (Å²) in [6.07, 6.45) is 0.829. The minimum atomic E-state index is -0.0875. The molecule has 2 atom stereocenters. The second-order valence-corrected chi connectivity index (χ2v) is 5.67. The third-order valence-electron chi connectivity index (χ3n) is 3.99. The Kier molecular flexibility index (Phi) is 3.11. The Hall–Kier alpha value is -1.49. The first-order chi connectivity index (χ1) is 8.32. The summed E-state index contributed by atoms with van der Waals surface area (Å²) < 4.78 is 0. The van der Waals surface area contributed by atoms with Gasteiger partial charge in [-0.25, -0.2) is 0 Å². The molecule has 0 aliphatic heterocycles. The first kappa shape index (κ1) is 13.0. The van der Waals surface area contributed by atoms with E-state index in [1.54, 1.807) is 13.0 Å². The Morgan fingerprint density at radius 3 is 2.67 bits per heavy atom. The smallest absolute Gasteiger partial charge is 0.253 e. The molecule has 2 unspecified atom stereocenters. The van der Waals surface area contributed by atoms with Gasteiger partial charge in [-0.05, 0) is 26.3 Å². The molecular weight excluding hydrogens is 228 g/mol. The highest BCUT2D eigenvalue weighted by molar-refractivity contribution is 5.95. The number of aromatic nitrogens is 2. The molecular formula is C13H20N4O. The number of nitrogens with two attached hydrogens (primary N) is 1. The summed E-state index contributed by atoms with van der Waals surface area (Å²) >= 11 is 0. The fraction of sp³-hybridized carbons (Fsp3) is 0.615. The predicted molar refractivity (Wildman–Crippen MR) is 69.1 cm³/mol. The van der Waals surface area contributed by atoms with Gasteiger partial charge >= 0.3 is 0 Å². The third kappa shape index (κ3) is 2.10. The molecule has 1 aliphatic rings. The lowest BCUT2D eigenvalue weighted by Gasteiger charge is -2.50. The first-order valence-electron chi connectivity index (χ1n) is 6.19. The highest BCUT2D eigenvalue weighted by Gasteiger charge is 2.46. The fourth-order valence-electron chi connectivity index (χ4n) is 2.22. The maximum Gasteiger partial charge on any atom is 0.253 e. The molecule has 98 valence electrons. The van der Waals surface area contributed by atoms with Crippen molar-refractivity contribution < 1.29 is 4.79 Å². The van der Waals surface area contributed by atoms with Crippen LogP contribution in [0.25, 0.3) is 0 Å². The fourth-order valence-corrected chi connectivity index (χ4v) is 2.22. The monoisotopic (exact) mass is 248 g/mol. The van der Waals surface area contributed by atoms with Crippen LogP contribution in [0.15, 0.2) is 6.07 Å². The number of rotatable bonds is 2. The molecule has 5 nitrogen and oxygen atoms in total. The molecule has 2 rings (SSSR count). The van der Waals surface area contributed by atoms with Crippen LogP contribution < -0.4 is 11.1 Å². The molecule has 5 heteroatoms. The van der Waals surface area contributed by atoms with E-state index in [1.807, 2.05) is 6.92 Å². The summed E-state index contributed by atoms with van der Waals surface area (Å²) in [5.74, 6) is -0.0875. The predicted octanol–water partition coefficient (Wildman–Crippen LogP) is 0.949. The second kappa shape index (κ2) is 4.31. The molecule has 1 fully saturated rings. The van der Waals surface area contributed by atoms with Gasteiger partial charge in [0, 0.05) is 17.5 Å². The molecule has 1 aliphatic carbocycles. The molecule has 0 spiro atoms. The van der Waals surface area contributed by atoms with Crippen LogP contribution in [0.5, 0.6) is 0 Å². The first-order valence-corrected chi connectivity index (χ1v) is 6.19. The third-order valence-corrected chi connectivity index (χ3v) is 3.99. The van der Waals surface area contributed by atoms with Gasteiger partial charge in [0.2, 0.25) is 0 Å². The molecule has 1 amide bonds. The van der Waals surface area contributed by atoms with Crippen LogP contribution in [-0.4, -0.2) is 28.2 Å². The van der Waals surface area contributed by atoms with E-state index >= 15 is 0 Å². The second-order valence-electron chi connectivity index (χ2n) is 5.67. The van der Waals surface area contributed by atoms with Crippen molar-refractivity contribution in [2.75, 3.05) is 0 Å². The Labute approximate surface area is 107 Å². The van der Waals surface area contributed by atoms with E-state index in [0.717, 1.165) is 12.1 Å². The molecule has 18 heavy (non-hydrogen) atoms. The number of amides is 1. The summed E-state index contributed by atoms with van der Waals surface area (Å²) in [6.45, 7) is 7.77. The van der Waals surface area contributed by atoms with Gasteiger partial charge in [-0.1, -0.05) is 13.8 Å². The van der Waals surface area contributed by atoms with Crippen molar-refractivity contribution in [3.8, 4) is 0 Å². The van der Waals surface area contributed by atoms with Gasteiger partial charge in [-0.3, -0.25) is 4.79 Å². The zero-order valence-electron chi connectivity index (χ0n) is 11.3. The van der Waals surface area contributed by atoms with Crippen LogP contribution in [0, 0.1) is 19.3 Å². The summed E-state index contributed by atoms with van der Waals surface area (Å²) in [7, 11) is 0. The van der Waals surface area contributed by atoms with Crippen molar-refractivity contribution in [2.45, 2.75) is 46.2 Å². The number of nitrogens with zero attached hydrogens (tertiary/aromatic N) is 2. The molecule has 0 radical (unpaired) electrons. The maximum absolute atomic E-state index is 12.2. The van der Waals surface area contributed by atoms with Gasteiger partial charge in [0.25, 0.3) is 5.91 Å². The molecule has 0 saturated heterocycles. The minimum Gasteiger partial charge on any atom is -0.349 e. The SMILES string of the molecule is Cc1cc(C(=O)NC2CC(N)C2(C)C)c(C)nn1. The van der Waals surface area contributed by atoms with E-state index in [0.29, 0.717) is 11.3 Å². The van der Waals surface area contributed by atoms with Crippen molar-refractivity contribution >= 4 is 5.91 Å². The molecule has 1 aromatic heterocycles. The Morgan fingerprint density at radius 2 is 2.11 bits per heavy atom. The topological polar surface area (TPSA) is 80.9 Å². The summed E-state index contributed by atoms with van der Waals surface area (Å²) in [4.78, 5) is 12.2. The van der Waals surface area contributed by atoms with E-state index in [1.165, 1.54) is 0 Å². The highest BCUT2D eigenvalue weighted by atomic mass is 16.1. The van der Waals surface area contributed by atoms with Crippen molar-refractivity contribution in [2.24, 2.45) is 11.1 Å². The van der Waals surface area contributed by atoms with Gasteiger partial charge in [0.15, 0.2) is 0 Å². The average molecular weight is 248 g/mol. The zero-order chi connectivity index (χ0) is 13.5. The highest BCUT2D eigenvalue weighted by Crippen LogP contribution is 2.39. The van der Waals surface area contributed by atoms with Crippen LogP contribution in [-0.2, 0) is 0 Å². The van der Waals surface area contributed by atoms with Gasteiger partial charge in [-0.15, -0.1) is 0 Å². The average Bonchev–Trinajstić information content (AvgIpc) is 2.31. The van der Waals surface area contributed by atoms with E-state index in [9.17, 15) is 4.79 Å². The lowest BCUT2D eigenvalue weighted by molar-refractivity contribution is 0.0585. The van der Waals surface area contributed by atoms with Gasteiger partial charge in [-0.2, -0.15) is 10.2 Å². The molecule has 3 N–H and O–H groups in total. The standard InChI is InChI=1S/C13H20N4O/c1-7-5-9(8(2)17-16-7)12(18)15-11-6-10(14)13(11,3)4/h5,10-11H,6,14H2,1-4H3,(H,15,18). The summed E-state index contributed by atoms with van der Waals surface area (Å²) in [5.41, 5.74) is 7.89. The Bertz CT molecular complexity index is 484.